The van der Waals surface area contributed by atoms with Gasteiger partial charge in [-0.3, -0.25) is 5.32 Å². The molecule has 0 bridgehead atoms. The van der Waals surface area contributed by atoms with E-state index in [9.17, 15) is 5.26 Å². The number of aromatic nitrogens is 2. The zero-order chi connectivity index (χ0) is 14.3. The molecule has 0 aliphatic heterocycles. The van der Waals surface area contributed by atoms with E-state index in [0.29, 0.717) is 6.04 Å². The average Bonchev–Trinajstić information content (AvgIpc) is 2.78. The first-order valence-electron chi connectivity index (χ1n) is 6.63. The molecule has 1 heterocycles. The summed E-state index contributed by atoms with van der Waals surface area (Å²) < 4.78 is 1.02. The summed E-state index contributed by atoms with van der Waals surface area (Å²) in [5, 5.41) is 21.9. The van der Waals surface area contributed by atoms with Gasteiger partial charge in [0.25, 0.3) is 0 Å². The van der Waals surface area contributed by atoms with Crippen LogP contribution in [0.2, 0.25) is 0 Å². The molecule has 19 heavy (non-hydrogen) atoms. The summed E-state index contributed by atoms with van der Waals surface area (Å²) in [6.07, 6.45) is 2.72. The van der Waals surface area contributed by atoms with Crippen molar-refractivity contribution in [1.82, 2.24) is 15.5 Å². The molecule has 0 fully saturated rings. The van der Waals surface area contributed by atoms with Gasteiger partial charge in [-0.15, -0.1) is 10.2 Å². The van der Waals surface area contributed by atoms with Crippen molar-refractivity contribution in [3.05, 3.63) is 5.01 Å². The topological polar surface area (TPSA) is 61.6 Å². The second-order valence-electron chi connectivity index (χ2n) is 4.89. The first kappa shape index (κ1) is 16.4. The van der Waals surface area contributed by atoms with Gasteiger partial charge in [0, 0.05) is 11.8 Å². The first-order chi connectivity index (χ1) is 9.01. The molecule has 0 aromatic carbocycles. The third kappa shape index (κ3) is 5.47. The Morgan fingerprint density at radius 2 is 2.21 bits per heavy atom. The van der Waals surface area contributed by atoms with Gasteiger partial charge in [-0.2, -0.15) is 5.26 Å². The molecule has 1 aromatic heterocycles. The van der Waals surface area contributed by atoms with Crippen molar-refractivity contribution in [2.24, 2.45) is 0 Å². The smallest absolute Gasteiger partial charge is 0.174 e. The molecule has 1 rings (SSSR count). The zero-order valence-corrected chi connectivity index (χ0v) is 13.7. The molecule has 0 aliphatic carbocycles. The van der Waals surface area contributed by atoms with Crippen molar-refractivity contribution in [2.45, 2.75) is 62.9 Å². The van der Waals surface area contributed by atoms with Crippen molar-refractivity contribution in [1.29, 1.82) is 5.26 Å². The van der Waals surface area contributed by atoms with E-state index < -0.39 is 0 Å². The Bertz CT molecular complexity index is 425. The van der Waals surface area contributed by atoms with Gasteiger partial charge in [0.05, 0.1) is 6.07 Å². The van der Waals surface area contributed by atoms with Gasteiger partial charge in [0.2, 0.25) is 0 Å². The number of nitrogens with one attached hydrogen (secondary N) is 1. The lowest BCUT2D eigenvalue weighted by Gasteiger charge is -2.28. The van der Waals surface area contributed by atoms with E-state index in [4.69, 9.17) is 0 Å². The minimum Gasteiger partial charge on any atom is -0.297 e. The van der Waals surface area contributed by atoms with Gasteiger partial charge in [-0.05, 0) is 40.0 Å². The summed E-state index contributed by atoms with van der Waals surface area (Å²) in [6, 6.07) is 2.79. The van der Waals surface area contributed by atoms with Crippen molar-refractivity contribution in [2.75, 3.05) is 5.75 Å². The van der Waals surface area contributed by atoms with Crippen LogP contribution in [0.1, 0.15) is 45.0 Å². The van der Waals surface area contributed by atoms with E-state index in [1.807, 2.05) is 6.92 Å². The largest absolute Gasteiger partial charge is 0.297 e. The molecule has 1 N–H and O–H groups in total. The molecule has 0 aliphatic rings. The molecule has 0 spiro atoms. The van der Waals surface area contributed by atoms with Crippen LogP contribution in [0, 0.1) is 18.3 Å². The molecular weight excluding hydrogens is 276 g/mol. The summed E-state index contributed by atoms with van der Waals surface area (Å²) in [4.78, 5) is 0. The lowest BCUT2D eigenvalue weighted by molar-refractivity contribution is 0.341. The van der Waals surface area contributed by atoms with Gasteiger partial charge in [-0.1, -0.05) is 30.0 Å². The third-order valence-corrected chi connectivity index (χ3v) is 4.92. The SMILES string of the molecule is CCC(C#N)(CCCSc1nnc(C)s1)NC(C)C. The van der Waals surface area contributed by atoms with Gasteiger partial charge in [-0.25, -0.2) is 0 Å². The molecule has 106 valence electrons. The molecule has 0 amide bonds. The number of nitriles is 1. The highest BCUT2D eigenvalue weighted by Gasteiger charge is 2.27. The van der Waals surface area contributed by atoms with E-state index in [0.717, 1.165) is 34.4 Å². The maximum Gasteiger partial charge on any atom is 0.174 e. The predicted octanol–water partition coefficient (Wildman–Crippen LogP) is 3.39. The van der Waals surface area contributed by atoms with E-state index >= 15 is 0 Å². The van der Waals surface area contributed by atoms with E-state index in [2.05, 4.69) is 42.4 Å². The van der Waals surface area contributed by atoms with Crippen molar-refractivity contribution >= 4 is 23.1 Å². The van der Waals surface area contributed by atoms with Gasteiger partial charge >= 0.3 is 0 Å². The molecule has 1 unspecified atom stereocenters. The lowest BCUT2D eigenvalue weighted by Crippen LogP contribution is -2.47. The van der Waals surface area contributed by atoms with E-state index in [1.54, 1.807) is 23.1 Å². The van der Waals surface area contributed by atoms with Crippen LogP contribution in [0.25, 0.3) is 0 Å². The Kier molecular flexibility index (Phi) is 6.76. The highest BCUT2D eigenvalue weighted by molar-refractivity contribution is 8.01. The third-order valence-electron chi connectivity index (χ3n) is 2.86. The number of rotatable bonds is 8. The summed E-state index contributed by atoms with van der Waals surface area (Å²) in [7, 11) is 0. The molecule has 0 saturated carbocycles. The monoisotopic (exact) mass is 298 g/mol. The Morgan fingerprint density at radius 3 is 2.68 bits per heavy atom. The number of hydrogen-bond donors (Lipinski definition) is 1. The molecule has 1 atom stereocenters. The average molecular weight is 298 g/mol. The maximum atomic E-state index is 9.41. The Labute approximate surface area is 124 Å². The predicted molar refractivity (Wildman–Crippen MR) is 81.5 cm³/mol. The fourth-order valence-corrected chi connectivity index (χ4v) is 3.77. The molecular formula is C13H22N4S2. The van der Waals surface area contributed by atoms with Crippen molar-refractivity contribution < 1.29 is 0 Å². The molecule has 4 nitrogen and oxygen atoms in total. The number of thioether (sulfide) groups is 1. The van der Waals surface area contributed by atoms with Crippen LogP contribution >= 0.6 is 23.1 Å². The van der Waals surface area contributed by atoms with Crippen LogP contribution < -0.4 is 5.32 Å². The van der Waals surface area contributed by atoms with E-state index in [1.165, 1.54) is 0 Å². The Morgan fingerprint density at radius 1 is 1.47 bits per heavy atom. The second-order valence-corrected chi connectivity index (χ2v) is 7.41. The number of aryl methyl sites for hydroxylation is 1. The highest BCUT2D eigenvalue weighted by Crippen LogP contribution is 2.25. The van der Waals surface area contributed by atoms with Crippen LogP contribution in [0.4, 0.5) is 0 Å². The molecule has 1 aromatic rings. The second kappa shape index (κ2) is 7.83. The minimum atomic E-state index is -0.383. The van der Waals surface area contributed by atoms with Crippen LogP contribution in [-0.2, 0) is 0 Å². The lowest BCUT2D eigenvalue weighted by atomic mass is 9.91. The quantitative estimate of drug-likeness (QED) is 0.589. The van der Waals surface area contributed by atoms with Gasteiger partial charge < -0.3 is 0 Å². The molecule has 6 heteroatoms. The van der Waals surface area contributed by atoms with Crippen LogP contribution in [0.15, 0.2) is 4.34 Å². The van der Waals surface area contributed by atoms with Crippen LogP contribution in [-0.4, -0.2) is 27.5 Å². The zero-order valence-electron chi connectivity index (χ0n) is 12.1. The minimum absolute atomic E-state index is 0.332. The Balaban J connectivity index is 2.38. The fourth-order valence-electron chi connectivity index (χ4n) is 1.94. The highest BCUT2D eigenvalue weighted by atomic mass is 32.2. The van der Waals surface area contributed by atoms with Crippen LogP contribution in [0.5, 0.6) is 0 Å². The summed E-state index contributed by atoms with van der Waals surface area (Å²) in [5.74, 6) is 0.984. The van der Waals surface area contributed by atoms with Crippen LogP contribution in [0.3, 0.4) is 0 Å². The maximum absolute atomic E-state index is 9.41. The fraction of sp³-hybridized carbons (Fsp3) is 0.769. The standard InChI is InChI=1S/C13H22N4S2/c1-5-13(9-14,15-10(2)3)7-6-8-18-12-17-16-11(4)19-12/h10,15H,5-8H2,1-4H3. The van der Waals surface area contributed by atoms with Crippen molar-refractivity contribution in [3.8, 4) is 6.07 Å². The van der Waals surface area contributed by atoms with E-state index in [-0.39, 0.29) is 5.54 Å². The molecule has 0 saturated heterocycles. The first-order valence-corrected chi connectivity index (χ1v) is 8.43. The van der Waals surface area contributed by atoms with Gasteiger partial charge in [0.1, 0.15) is 10.5 Å². The summed E-state index contributed by atoms with van der Waals surface area (Å²) in [5.41, 5.74) is -0.383. The normalized spacial score (nSPS) is 14.3. The van der Waals surface area contributed by atoms with Gasteiger partial charge in [0.15, 0.2) is 4.34 Å². The summed E-state index contributed by atoms with van der Waals surface area (Å²) in [6.45, 7) is 8.20. The number of nitrogens with zero attached hydrogens (tertiary/aromatic N) is 3. The van der Waals surface area contributed by atoms with Crippen molar-refractivity contribution in [3.63, 3.8) is 0 Å². The molecule has 0 radical (unpaired) electrons. The number of hydrogen-bond acceptors (Lipinski definition) is 6. The Hall–Kier alpha value is -0.640. The summed E-state index contributed by atoms with van der Waals surface area (Å²) >= 11 is 3.36.